The molecule has 106 valence electrons. The summed E-state index contributed by atoms with van der Waals surface area (Å²) in [7, 11) is 1.74. The summed E-state index contributed by atoms with van der Waals surface area (Å²) in [6.07, 6.45) is 0.384. The molecule has 0 aliphatic heterocycles. The molecule has 1 atom stereocenters. The van der Waals surface area contributed by atoms with Crippen LogP contribution in [0, 0.1) is 24.4 Å². The first kappa shape index (κ1) is 14.6. The van der Waals surface area contributed by atoms with Crippen molar-refractivity contribution in [2.75, 3.05) is 7.05 Å². The van der Waals surface area contributed by atoms with E-state index in [-0.39, 0.29) is 11.9 Å². The third-order valence-corrected chi connectivity index (χ3v) is 3.33. The van der Waals surface area contributed by atoms with E-state index in [4.69, 9.17) is 0 Å². The quantitative estimate of drug-likeness (QED) is 0.894. The maximum atomic E-state index is 13.4. The SMILES string of the molecule is CNC(Cc1cc(F)cc(F)c1)c1cc(F)ccc1C. The van der Waals surface area contributed by atoms with Crippen molar-refractivity contribution >= 4 is 0 Å². The summed E-state index contributed by atoms with van der Waals surface area (Å²) < 4.78 is 39.8. The van der Waals surface area contributed by atoms with Crippen molar-refractivity contribution < 1.29 is 13.2 Å². The molecule has 0 aromatic heterocycles. The highest BCUT2D eigenvalue weighted by Crippen LogP contribution is 2.23. The average molecular weight is 279 g/mol. The summed E-state index contributed by atoms with van der Waals surface area (Å²) in [5.74, 6) is -1.53. The molecule has 2 aromatic carbocycles. The number of benzene rings is 2. The molecule has 4 heteroatoms. The Morgan fingerprint density at radius 1 is 0.950 bits per heavy atom. The van der Waals surface area contributed by atoms with E-state index in [9.17, 15) is 13.2 Å². The minimum absolute atomic E-state index is 0.202. The molecule has 0 amide bonds. The maximum absolute atomic E-state index is 13.4. The van der Waals surface area contributed by atoms with Gasteiger partial charge in [-0.2, -0.15) is 0 Å². The van der Waals surface area contributed by atoms with Crippen LogP contribution in [-0.2, 0) is 6.42 Å². The van der Waals surface area contributed by atoms with E-state index in [0.29, 0.717) is 12.0 Å². The molecule has 0 fully saturated rings. The van der Waals surface area contributed by atoms with E-state index >= 15 is 0 Å². The van der Waals surface area contributed by atoms with Crippen molar-refractivity contribution in [1.82, 2.24) is 5.32 Å². The van der Waals surface area contributed by atoms with Crippen LogP contribution < -0.4 is 5.32 Å². The zero-order valence-corrected chi connectivity index (χ0v) is 11.4. The van der Waals surface area contributed by atoms with Gasteiger partial charge in [0.05, 0.1) is 0 Å². The second-order valence-corrected chi connectivity index (χ2v) is 4.82. The van der Waals surface area contributed by atoms with E-state index in [1.54, 1.807) is 13.1 Å². The van der Waals surface area contributed by atoms with Crippen LogP contribution in [0.15, 0.2) is 36.4 Å². The topological polar surface area (TPSA) is 12.0 Å². The number of nitrogens with one attached hydrogen (secondary N) is 1. The molecular weight excluding hydrogens is 263 g/mol. The fourth-order valence-electron chi connectivity index (χ4n) is 2.32. The van der Waals surface area contributed by atoms with Crippen molar-refractivity contribution in [1.29, 1.82) is 0 Å². The van der Waals surface area contributed by atoms with Gasteiger partial charge < -0.3 is 5.32 Å². The van der Waals surface area contributed by atoms with E-state index in [2.05, 4.69) is 5.32 Å². The molecule has 0 saturated heterocycles. The van der Waals surface area contributed by atoms with Crippen molar-refractivity contribution in [2.24, 2.45) is 0 Å². The third-order valence-electron chi connectivity index (χ3n) is 3.33. The Morgan fingerprint density at radius 2 is 1.60 bits per heavy atom. The molecular formula is C16H16F3N. The number of hydrogen-bond acceptors (Lipinski definition) is 1. The fraction of sp³-hybridized carbons (Fsp3) is 0.250. The Balaban J connectivity index is 2.31. The Bertz CT molecular complexity index is 590. The Labute approximate surface area is 116 Å². The highest BCUT2D eigenvalue weighted by atomic mass is 19.1. The first-order valence-electron chi connectivity index (χ1n) is 6.38. The first-order chi connectivity index (χ1) is 9.49. The molecule has 0 spiro atoms. The fourth-order valence-corrected chi connectivity index (χ4v) is 2.32. The summed E-state index contributed by atoms with van der Waals surface area (Å²) >= 11 is 0. The van der Waals surface area contributed by atoms with Gasteiger partial charge in [-0.3, -0.25) is 0 Å². The number of aryl methyl sites for hydroxylation is 1. The zero-order chi connectivity index (χ0) is 14.7. The van der Waals surface area contributed by atoms with E-state index in [0.717, 1.165) is 17.2 Å². The van der Waals surface area contributed by atoms with Crippen molar-refractivity contribution in [3.63, 3.8) is 0 Å². The lowest BCUT2D eigenvalue weighted by Crippen LogP contribution is -2.20. The number of halogens is 3. The summed E-state index contributed by atoms with van der Waals surface area (Å²) in [6.45, 7) is 1.88. The lowest BCUT2D eigenvalue weighted by atomic mass is 9.95. The minimum atomic E-state index is -0.606. The Hall–Kier alpha value is -1.81. The van der Waals surface area contributed by atoms with Crippen LogP contribution >= 0.6 is 0 Å². The molecule has 0 radical (unpaired) electrons. The standard InChI is InChI=1S/C16H16F3N/c1-10-3-4-12(17)9-15(10)16(20-2)7-11-5-13(18)8-14(19)6-11/h3-6,8-9,16,20H,7H2,1-2H3. The van der Waals surface area contributed by atoms with Gasteiger partial charge in [0.25, 0.3) is 0 Å². The number of likely N-dealkylation sites (N-methyl/N-ethyl adjacent to an activating group) is 1. The molecule has 0 bridgehead atoms. The van der Waals surface area contributed by atoms with E-state index < -0.39 is 11.6 Å². The van der Waals surface area contributed by atoms with Crippen LogP contribution in [0.3, 0.4) is 0 Å². The normalized spacial score (nSPS) is 12.4. The molecule has 1 unspecified atom stereocenters. The molecule has 2 rings (SSSR count). The van der Waals surface area contributed by atoms with Crippen LogP contribution in [0.2, 0.25) is 0 Å². The highest BCUT2D eigenvalue weighted by Gasteiger charge is 2.14. The van der Waals surface area contributed by atoms with Gasteiger partial charge in [0.2, 0.25) is 0 Å². The second-order valence-electron chi connectivity index (χ2n) is 4.82. The molecule has 0 aliphatic carbocycles. The van der Waals surface area contributed by atoms with Gasteiger partial charge in [0.15, 0.2) is 0 Å². The van der Waals surface area contributed by atoms with Gasteiger partial charge in [-0.1, -0.05) is 6.07 Å². The lowest BCUT2D eigenvalue weighted by Gasteiger charge is -2.19. The largest absolute Gasteiger partial charge is 0.313 e. The lowest BCUT2D eigenvalue weighted by molar-refractivity contribution is 0.556. The molecule has 0 saturated carbocycles. The van der Waals surface area contributed by atoms with Gasteiger partial charge in [-0.15, -0.1) is 0 Å². The predicted molar refractivity (Wildman–Crippen MR) is 73.0 cm³/mol. The third kappa shape index (κ3) is 3.39. The van der Waals surface area contributed by atoms with E-state index in [1.807, 2.05) is 6.92 Å². The average Bonchev–Trinajstić information content (AvgIpc) is 2.38. The van der Waals surface area contributed by atoms with E-state index in [1.165, 1.54) is 24.3 Å². The van der Waals surface area contributed by atoms with Gasteiger partial charge >= 0.3 is 0 Å². The molecule has 0 heterocycles. The summed E-state index contributed by atoms with van der Waals surface area (Å²) in [5.41, 5.74) is 2.25. The summed E-state index contributed by atoms with van der Waals surface area (Å²) in [4.78, 5) is 0. The van der Waals surface area contributed by atoms with Crippen LogP contribution in [0.25, 0.3) is 0 Å². The molecule has 2 aromatic rings. The number of rotatable bonds is 4. The molecule has 1 nitrogen and oxygen atoms in total. The highest BCUT2D eigenvalue weighted by molar-refractivity contribution is 5.31. The zero-order valence-electron chi connectivity index (χ0n) is 11.4. The smallest absolute Gasteiger partial charge is 0.126 e. The van der Waals surface area contributed by atoms with Gasteiger partial charge in [0, 0.05) is 12.1 Å². The maximum Gasteiger partial charge on any atom is 0.126 e. The van der Waals surface area contributed by atoms with Crippen molar-refractivity contribution in [3.8, 4) is 0 Å². The minimum Gasteiger partial charge on any atom is -0.313 e. The van der Waals surface area contributed by atoms with Crippen LogP contribution in [0.1, 0.15) is 22.7 Å². The summed E-state index contributed by atoms with van der Waals surface area (Å²) in [6, 6.07) is 7.77. The Kier molecular flexibility index (Phi) is 4.45. The van der Waals surface area contributed by atoms with Crippen LogP contribution in [0.4, 0.5) is 13.2 Å². The van der Waals surface area contributed by atoms with Crippen molar-refractivity contribution in [2.45, 2.75) is 19.4 Å². The van der Waals surface area contributed by atoms with Crippen molar-refractivity contribution in [3.05, 3.63) is 70.5 Å². The van der Waals surface area contributed by atoms with Gasteiger partial charge in [-0.25, -0.2) is 13.2 Å². The predicted octanol–water partition coefficient (Wildman–Crippen LogP) is 3.92. The second kappa shape index (κ2) is 6.09. The number of hydrogen-bond donors (Lipinski definition) is 1. The summed E-state index contributed by atoms with van der Waals surface area (Å²) in [5, 5.41) is 3.06. The Morgan fingerprint density at radius 3 is 2.20 bits per heavy atom. The van der Waals surface area contributed by atoms with Crippen LogP contribution in [-0.4, -0.2) is 7.05 Å². The molecule has 0 aliphatic rings. The van der Waals surface area contributed by atoms with Crippen LogP contribution in [0.5, 0.6) is 0 Å². The molecule has 1 N–H and O–H groups in total. The first-order valence-corrected chi connectivity index (χ1v) is 6.38. The van der Waals surface area contributed by atoms with Gasteiger partial charge in [-0.05, 0) is 61.3 Å². The molecule has 20 heavy (non-hydrogen) atoms. The monoisotopic (exact) mass is 279 g/mol. The van der Waals surface area contributed by atoms with Gasteiger partial charge in [0.1, 0.15) is 17.5 Å².